The largest absolute Gasteiger partial charge is 0.509 e. The van der Waals surface area contributed by atoms with Gasteiger partial charge in [-0.15, -0.1) is 0 Å². The van der Waals surface area contributed by atoms with Gasteiger partial charge in [-0.3, -0.25) is 0 Å². The summed E-state index contributed by atoms with van der Waals surface area (Å²) in [5, 5.41) is 4.14. The Hall–Kier alpha value is -4.79. The van der Waals surface area contributed by atoms with Crippen LogP contribution in [0.2, 0.25) is 0 Å². The van der Waals surface area contributed by atoms with E-state index in [0.717, 1.165) is 16.7 Å². The second kappa shape index (κ2) is 20.6. The number of esters is 1. The third kappa shape index (κ3) is 10.7. The van der Waals surface area contributed by atoms with Gasteiger partial charge in [0.15, 0.2) is 18.5 Å². The molecule has 3 aromatic carbocycles. The van der Waals surface area contributed by atoms with Gasteiger partial charge in [-0.05, 0) is 35.6 Å². The Morgan fingerprint density at radius 2 is 1.33 bits per heavy atom. The Morgan fingerprint density at radius 3 is 1.83 bits per heavy atom. The second-order valence-corrected chi connectivity index (χ2v) is 12.7. The number of nitrogens with zero attached hydrogens (tertiary/aromatic N) is 3. The highest BCUT2D eigenvalue weighted by Gasteiger charge is 2.55. The Labute approximate surface area is 314 Å². The van der Waals surface area contributed by atoms with E-state index in [-0.39, 0.29) is 26.4 Å². The van der Waals surface area contributed by atoms with E-state index in [0.29, 0.717) is 6.42 Å². The van der Waals surface area contributed by atoms with E-state index in [9.17, 15) is 15.1 Å². The fourth-order valence-corrected chi connectivity index (χ4v) is 6.45. The van der Waals surface area contributed by atoms with Gasteiger partial charge in [0.1, 0.15) is 37.1 Å². The van der Waals surface area contributed by atoms with Crippen LogP contribution in [0.1, 0.15) is 37.0 Å². The van der Waals surface area contributed by atoms with Crippen LogP contribution < -0.4 is 0 Å². The molecule has 2 aliphatic rings. The summed E-state index contributed by atoms with van der Waals surface area (Å²) in [7, 11) is 1.22. The van der Waals surface area contributed by atoms with Crippen molar-refractivity contribution in [2.45, 2.75) is 101 Å². The minimum absolute atomic E-state index is 0.0502. The van der Waals surface area contributed by atoms with Gasteiger partial charge in [0, 0.05) is 4.91 Å². The molecule has 288 valence electrons. The number of benzene rings is 3. The maximum Gasteiger partial charge on any atom is 0.509 e. The Morgan fingerprint density at radius 1 is 0.796 bits per heavy atom. The molecule has 2 fully saturated rings. The zero-order chi connectivity index (χ0) is 38.3. The quantitative estimate of drug-likeness (QED) is 0.0480. The monoisotopic (exact) mass is 745 g/mol. The normalized spacial score (nSPS) is 27.9. The second-order valence-electron chi connectivity index (χ2n) is 12.7. The summed E-state index contributed by atoms with van der Waals surface area (Å²) >= 11 is 0. The maximum atomic E-state index is 13.4. The minimum Gasteiger partial charge on any atom is -0.467 e. The van der Waals surface area contributed by atoms with Gasteiger partial charge in [-0.1, -0.05) is 116 Å². The first-order valence-corrected chi connectivity index (χ1v) is 17.9. The summed E-state index contributed by atoms with van der Waals surface area (Å²) in [5.74, 6) is -0.767. The molecular formula is C40H47N3O11. The molecule has 2 saturated heterocycles. The molecule has 0 N–H and O–H groups in total. The molecule has 3 aromatic rings. The number of ether oxygens (including phenoxy) is 9. The summed E-state index contributed by atoms with van der Waals surface area (Å²) in [6.07, 6.45) is -8.49. The van der Waals surface area contributed by atoms with E-state index in [1.165, 1.54) is 13.2 Å². The lowest BCUT2D eigenvalue weighted by atomic mass is 9.93. The van der Waals surface area contributed by atoms with Crippen molar-refractivity contribution in [3.05, 3.63) is 131 Å². The molecule has 2 aliphatic heterocycles. The summed E-state index contributed by atoms with van der Waals surface area (Å²) < 4.78 is 54.9. The van der Waals surface area contributed by atoms with Gasteiger partial charge in [0.05, 0.1) is 39.1 Å². The molecule has 0 saturated carbocycles. The lowest BCUT2D eigenvalue weighted by molar-refractivity contribution is -0.325. The van der Waals surface area contributed by atoms with Gasteiger partial charge >= 0.3 is 12.1 Å². The van der Waals surface area contributed by atoms with Crippen molar-refractivity contribution < 1.29 is 52.2 Å². The predicted molar refractivity (Wildman–Crippen MR) is 195 cm³/mol. The molecule has 4 unspecified atom stereocenters. The van der Waals surface area contributed by atoms with Gasteiger partial charge in [-0.2, -0.15) is 0 Å². The van der Waals surface area contributed by atoms with E-state index in [1.54, 1.807) is 6.92 Å². The van der Waals surface area contributed by atoms with Crippen LogP contribution in [0.5, 0.6) is 0 Å². The van der Waals surface area contributed by atoms with E-state index in [2.05, 4.69) is 16.6 Å². The molecule has 0 spiro atoms. The summed E-state index contributed by atoms with van der Waals surface area (Å²) in [5.41, 5.74) is 12.5. The van der Waals surface area contributed by atoms with E-state index in [4.69, 9.17) is 42.6 Å². The van der Waals surface area contributed by atoms with Crippen LogP contribution in [0.4, 0.5) is 4.79 Å². The smallest absolute Gasteiger partial charge is 0.467 e. The molecule has 2 heterocycles. The van der Waals surface area contributed by atoms with Crippen LogP contribution in [0.15, 0.2) is 109 Å². The molecule has 14 nitrogen and oxygen atoms in total. The number of carbonyl (C=O) groups excluding carboxylic acids is 2. The van der Waals surface area contributed by atoms with Crippen molar-refractivity contribution in [3.63, 3.8) is 0 Å². The topological polar surface area (TPSA) is 166 Å². The Balaban J connectivity index is 1.51. The average molecular weight is 746 g/mol. The highest BCUT2D eigenvalue weighted by Crippen LogP contribution is 2.36. The molecule has 14 heteroatoms. The molecule has 0 aliphatic carbocycles. The molecule has 54 heavy (non-hydrogen) atoms. The third-order valence-corrected chi connectivity index (χ3v) is 9.10. The molecule has 0 aromatic heterocycles. The standard InChI is InChI=1S/C40H47N3O11/c1-5-22-47-40(45)54-32-26(3)51-37(38(44)46-4)36(35(32)50-25-29-20-14-9-15-21-29)53-39-31(42-43-41)34(49-24-28-18-12-8-13-19-28)33(30(6-2)52-39)48-23-27-16-10-7-11-17-27/h5,7-21,26,30-37,39H,1,6,22-25H2,2-4H3/t26-,30?,31?,32?,33+,34-,35-,36-,37?,39+/m0/s1. The summed E-state index contributed by atoms with van der Waals surface area (Å²) in [6, 6.07) is 27.4. The van der Waals surface area contributed by atoms with E-state index < -0.39 is 73.3 Å². The highest BCUT2D eigenvalue weighted by atomic mass is 16.8. The fourth-order valence-electron chi connectivity index (χ4n) is 6.45. The van der Waals surface area contributed by atoms with Gasteiger partial charge in [0.2, 0.25) is 0 Å². The maximum absolute atomic E-state index is 13.4. The van der Waals surface area contributed by atoms with Crippen molar-refractivity contribution in [2.75, 3.05) is 13.7 Å². The number of rotatable bonds is 17. The molecule has 0 amide bonds. The van der Waals surface area contributed by atoms with Gasteiger partial charge in [0.25, 0.3) is 0 Å². The molecule has 0 bridgehead atoms. The number of carbonyl (C=O) groups is 2. The number of azide groups is 1. The fraction of sp³-hybridized carbons (Fsp3) is 0.450. The van der Waals surface area contributed by atoms with Crippen LogP contribution >= 0.6 is 0 Å². The lowest BCUT2D eigenvalue weighted by Crippen LogP contribution is -2.65. The van der Waals surface area contributed by atoms with Crippen molar-refractivity contribution >= 4 is 12.1 Å². The van der Waals surface area contributed by atoms with Gasteiger partial charge < -0.3 is 42.6 Å². The highest BCUT2D eigenvalue weighted by molar-refractivity contribution is 5.75. The summed E-state index contributed by atoms with van der Waals surface area (Å²) in [4.78, 5) is 29.3. The van der Waals surface area contributed by atoms with Crippen molar-refractivity contribution in [1.29, 1.82) is 0 Å². The van der Waals surface area contributed by atoms with E-state index >= 15 is 0 Å². The van der Waals surface area contributed by atoms with Crippen LogP contribution in [-0.4, -0.2) is 87.0 Å². The van der Waals surface area contributed by atoms with Crippen molar-refractivity contribution in [3.8, 4) is 0 Å². The SMILES string of the molecule is C=CCOC(=O)OC1[C@H](C)OC(C(=O)OC)[C@@H](O[C@H]2OC(CC)[C@@H](OCc3ccccc3)[C@@H](OCc3ccccc3)C2N=[N+]=[N-])[C@H]1OCc1ccccc1. The van der Waals surface area contributed by atoms with Gasteiger partial charge in [-0.25, -0.2) is 9.59 Å². The first kappa shape index (κ1) is 40.4. The summed E-state index contributed by atoms with van der Waals surface area (Å²) in [6.45, 7) is 7.48. The number of hydrogen-bond acceptors (Lipinski definition) is 12. The molecule has 10 atom stereocenters. The Kier molecular flexibility index (Phi) is 15.4. The number of methoxy groups -OCH3 is 1. The van der Waals surface area contributed by atoms with Crippen LogP contribution in [0.25, 0.3) is 10.4 Å². The van der Waals surface area contributed by atoms with Crippen LogP contribution in [0.3, 0.4) is 0 Å². The first-order chi connectivity index (χ1) is 26.4. The predicted octanol–water partition coefficient (Wildman–Crippen LogP) is 6.61. The minimum atomic E-state index is -1.37. The van der Waals surface area contributed by atoms with Crippen LogP contribution in [-0.2, 0) is 67.2 Å². The lowest BCUT2D eigenvalue weighted by Gasteiger charge is -2.48. The van der Waals surface area contributed by atoms with Crippen molar-refractivity contribution in [2.24, 2.45) is 5.11 Å². The van der Waals surface area contributed by atoms with E-state index in [1.807, 2.05) is 97.9 Å². The molecule has 5 rings (SSSR count). The number of hydrogen-bond donors (Lipinski definition) is 0. The molecular weight excluding hydrogens is 698 g/mol. The van der Waals surface area contributed by atoms with Crippen LogP contribution in [0, 0.1) is 0 Å². The zero-order valence-electron chi connectivity index (χ0n) is 30.6. The third-order valence-electron chi connectivity index (χ3n) is 9.10. The zero-order valence-corrected chi connectivity index (χ0v) is 30.6. The average Bonchev–Trinajstić information content (AvgIpc) is 3.20. The molecule has 0 radical (unpaired) electrons. The first-order valence-electron chi connectivity index (χ1n) is 17.9. The van der Waals surface area contributed by atoms with Crippen molar-refractivity contribution in [1.82, 2.24) is 0 Å². The Bertz CT molecular complexity index is 1660.